The van der Waals surface area contributed by atoms with Gasteiger partial charge < -0.3 is 0 Å². The molecule has 0 N–H and O–H groups in total. The molecule has 0 saturated carbocycles. The molecule has 0 unspecified atom stereocenters. The van der Waals surface area contributed by atoms with Crippen molar-refractivity contribution in [3.05, 3.63) is 77.4 Å². The SMILES string of the molecule is O=C1S/C(=C\c2c(Cl)ccc([N+](=O)[O-])c2Cl)C(=O)N1Cc1ccc(F)cc1Cl. The maximum atomic E-state index is 13.2. The molecule has 2 amide bonds. The average Bonchev–Trinajstić information content (AvgIpc) is 2.87. The summed E-state index contributed by atoms with van der Waals surface area (Å²) in [5.74, 6) is -1.19. The van der Waals surface area contributed by atoms with Crippen LogP contribution in [0, 0.1) is 15.9 Å². The smallest absolute Gasteiger partial charge is 0.268 e. The van der Waals surface area contributed by atoms with Crippen LogP contribution < -0.4 is 0 Å². The molecule has 2 aromatic rings. The Morgan fingerprint density at radius 2 is 1.86 bits per heavy atom. The normalized spacial score (nSPS) is 15.6. The number of nitrogens with zero attached hydrogens (tertiary/aromatic N) is 2. The van der Waals surface area contributed by atoms with Gasteiger partial charge in [-0.1, -0.05) is 40.9 Å². The molecule has 1 aliphatic rings. The first-order valence-electron chi connectivity index (χ1n) is 7.50. The van der Waals surface area contributed by atoms with Crippen LogP contribution in [0.1, 0.15) is 11.1 Å². The molecule has 0 atom stereocenters. The number of carbonyl (C=O) groups is 2. The molecule has 0 aliphatic carbocycles. The first kappa shape index (κ1) is 20.6. The predicted molar refractivity (Wildman–Crippen MR) is 106 cm³/mol. The van der Waals surface area contributed by atoms with E-state index in [1.54, 1.807) is 0 Å². The number of hydrogen-bond donors (Lipinski definition) is 0. The largest absolute Gasteiger partial charge is 0.293 e. The van der Waals surface area contributed by atoms with Crippen LogP contribution in [0.2, 0.25) is 15.1 Å². The van der Waals surface area contributed by atoms with Crippen LogP contribution in [0.4, 0.5) is 14.9 Å². The lowest BCUT2D eigenvalue weighted by Gasteiger charge is -2.13. The number of halogens is 4. The third-order valence-electron chi connectivity index (χ3n) is 3.80. The highest BCUT2D eigenvalue weighted by molar-refractivity contribution is 8.18. The van der Waals surface area contributed by atoms with Crippen molar-refractivity contribution in [2.75, 3.05) is 0 Å². The third kappa shape index (κ3) is 4.00. The minimum atomic E-state index is -0.682. The summed E-state index contributed by atoms with van der Waals surface area (Å²) in [7, 11) is 0. The summed E-state index contributed by atoms with van der Waals surface area (Å²) < 4.78 is 13.2. The van der Waals surface area contributed by atoms with Crippen LogP contribution in [0.3, 0.4) is 0 Å². The van der Waals surface area contributed by atoms with E-state index in [-0.39, 0.29) is 37.8 Å². The zero-order valence-corrected chi connectivity index (χ0v) is 16.7. The first-order valence-corrected chi connectivity index (χ1v) is 9.45. The predicted octanol–water partition coefficient (Wildman–Crippen LogP) is 5.93. The van der Waals surface area contributed by atoms with Gasteiger partial charge in [-0.3, -0.25) is 24.6 Å². The van der Waals surface area contributed by atoms with Gasteiger partial charge in [0.05, 0.1) is 16.4 Å². The van der Waals surface area contributed by atoms with Crippen molar-refractivity contribution < 1.29 is 18.9 Å². The fourth-order valence-corrected chi connectivity index (χ4v) is 4.01. The van der Waals surface area contributed by atoms with Crippen molar-refractivity contribution in [2.45, 2.75) is 6.54 Å². The van der Waals surface area contributed by atoms with Crippen molar-refractivity contribution in [3.63, 3.8) is 0 Å². The van der Waals surface area contributed by atoms with E-state index < -0.39 is 21.9 Å². The molecular weight excluding hydrogens is 454 g/mol. The van der Waals surface area contributed by atoms with Crippen molar-refractivity contribution in [2.24, 2.45) is 0 Å². The number of nitro groups is 1. The van der Waals surface area contributed by atoms with Crippen LogP contribution in [-0.4, -0.2) is 21.0 Å². The monoisotopic (exact) mass is 460 g/mol. The molecule has 3 rings (SSSR count). The van der Waals surface area contributed by atoms with E-state index in [2.05, 4.69) is 0 Å². The van der Waals surface area contributed by atoms with Gasteiger partial charge in [0.25, 0.3) is 16.8 Å². The Labute approximate surface area is 177 Å². The van der Waals surface area contributed by atoms with Gasteiger partial charge in [-0.2, -0.15) is 0 Å². The van der Waals surface area contributed by atoms with Crippen LogP contribution in [0.25, 0.3) is 6.08 Å². The molecule has 11 heteroatoms. The third-order valence-corrected chi connectivity index (χ3v) is 5.78. The molecular formula is C17H8Cl3FN2O4S. The molecule has 28 heavy (non-hydrogen) atoms. The van der Waals surface area contributed by atoms with Gasteiger partial charge >= 0.3 is 0 Å². The number of rotatable bonds is 4. The standard InChI is InChI=1S/C17H8Cl3FN2O4S/c18-11-3-4-13(23(26)27)15(20)10(11)6-14-16(24)22(17(25)28-14)7-8-1-2-9(21)5-12(8)19/h1-6H,7H2/b14-6-. The molecule has 2 aromatic carbocycles. The van der Waals surface area contributed by atoms with E-state index in [1.165, 1.54) is 24.3 Å². The van der Waals surface area contributed by atoms with Gasteiger partial charge in [-0.15, -0.1) is 0 Å². The number of hydrogen-bond acceptors (Lipinski definition) is 5. The van der Waals surface area contributed by atoms with Crippen molar-refractivity contribution >= 4 is 69.5 Å². The zero-order chi connectivity index (χ0) is 20.6. The Bertz CT molecular complexity index is 1060. The molecule has 0 spiro atoms. The molecule has 0 radical (unpaired) electrons. The lowest BCUT2D eigenvalue weighted by Crippen LogP contribution is -2.27. The topological polar surface area (TPSA) is 80.5 Å². The van der Waals surface area contributed by atoms with Crippen molar-refractivity contribution in [1.29, 1.82) is 0 Å². The Morgan fingerprint density at radius 1 is 1.14 bits per heavy atom. The van der Waals surface area contributed by atoms with Crippen LogP contribution >= 0.6 is 46.6 Å². The molecule has 1 aliphatic heterocycles. The van der Waals surface area contributed by atoms with Gasteiger partial charge in [-0.05, 0) is 41.6 Å². The van der Waals surface area contributed by atoms with Crippen LogP contribution in [-0.2, 0) is 11.3 Å². The summed E-state index contributed by atoms with van der Waals surface area (Å²) in [4.78, 5) is 36.1. The van der Waals surface area contributed by atoms with Gasteiger partial charge in [0.2, 0.25) is 0 Å². The maximum absolute atomic E-state index is 13.2. The Hall–Kier alpha value is -2.13. The number of nitro benzene ring substituents is 1. The molecule has 0 bridgehead atoms. The van der Waals surface area contributed by atoms with Gasteiger partial charge in [-0.25, -0.2) is 4.39 Å². The van der Waals surface area contributed by atoms with E-state index in [0.717, 1.165) is 17.0 Å². The second-order valence-electron chi connectivity index (χ2n) is 5.55. The minimum absolute atomic E-state index is 0.00691. The van der Waals surface area contributed by atoms with Gasteiger partial charge in [0.1, 0.15) is 10.8 Å². The Morgan fingerprint density at radius 3 is 2.50 bits per heavy atom. The number of thioether (sulfide) groups is 1. The second-order valence-corrected chi connectivity index (χ2v) is 7.74. The molecule has 0 aromatic heterocycles. The summed E-state index contributed by atoms with van der Waals surface area (Å²) in [5, 5.41) is 10.4. The Balaban J connectivity index is 1.94. The van der Waals surface area contributed by atoms with E-state index in [9.17, 15) is 24.1 Å². The van der Waals surface area contributed by atoms with E-state index in [0.29, 0.717) is 17.3 Å². The number of amides is 2. The van der Waals surface area contributed by atoms with Crippen molar-refractivity contribution in [3.8, 4) is 0 Å². The highest BCUT2D eigenvalue weighted by Crippen LogP contribution is 2.39. The molecule has 6 nitrogen and oxygen atoms in total. The highest BCUT2D eigenvalue weighted by Gasteiger charge is 2.36. The summed E-state index contributed by atoms with van der Waals surface area (Å²) in [5.41, 5.74) is 0.0653. The highest BCUT2D eigenvalue weighted by atomic mass is 35.5. The second kappa shape index (κ2) is 8.08. The fraction of sp³-hybridized carbons (Fsp3) is 0.0588. The minimum Gasteiger partial charge on any atom is -0.268 e. The number of carbonyl (C=O) groups excluding carboxylic acids is 2. The fourth-order valence-electron chi connectivity index (χ4n) is 2.42. The zero-order valence-electron chi connectivity index (χ0n) is 13.6. The van der Waals surface area contributed by atoms with E-state index >= 15 is 0 Å². The van der Waals surface area contributed by atoms with Crippen molar-refractivity contribution in [1.82, 2.24) is 4.90 Å². The van der Waals surface area contributed by atoms with Crippen LogP contribution in [0.5, 0.6) is 0 Å². The average molecular weight is 462 g/mol. The number of imide groups is 1. The van der Waals surface area contributed by atoms with Crippen LogP contribution in [0.15, 0.2) is 35.2 Å². The summed E-state index contributed by atoms with van der Waals surface area (Å²) in [6.45, 7) is -0.155. The molecule has 1 fully saturated rings. The van der Waals surface area contributed by atoms with Gasteiger partial charge in [0, 0.05) is 21.7 Å². The number of benzene rings is 2. The Kier molecular flexibility index (Phi) is 5.95. The lowest BCUT2D eigenvalue weighted by molar-refractivity contribution is -0.384. The van der Waals surface area contributed by atoms with E-state index in [1.807, 2.05) is 0 Å². The maximum Gasteiger partial charge on any atom is 0.293 e. The molecule has 144 valence electrons. The summed E-state index contributed by atoms with van der Waals surface area (Å²) in [6, 6.07) is 6.04. The summed E-state index contributed by atoms with van der Waals surface area (Å²) >= 11 is 18.7. The molecule has 1 saturated heterocycles. The van der Waals surface area contributed by atoms with E-state index in [4.69, 9.17) is 34.8 Å². The quantitative estimate of drug-likeness (QED) is 0.320. The lowest BCUT2D eigenvalue weighted by atomic mass is 10.1. The van der Waals surface area contributed by atoms with Gasteiger partial charge in [0.15, 0.2) is 0 Å². The molecule has 1 heterocycles. The summed E-state index contributed by atoms with van der Waals surface area (Å²) in [6.07, 6.45) is 1.23. The first-order chi connectivity index (χ1) is 13.2.